The normalized spacial score (nSPS) is 17.3. The van der Waals surface area contributed by atoms with Crippen molar-refractivity contribution in [2.75, 3.05) is 6.54 Å². The Morgan fingerprint density at radius 1 is 1.12 bits per heavy atom. The summed E-state index contributed by atoms with van der Waals surface area (Å²) < 4.78 is 1.82. The Balaban J connectivity index is 1.58. The Morgan fingerprint density at radius 2 is 1.96 bits per heavy atom. The van der Waals surface area contributed by atoms with Crippen LogP contribution in [0.5, 0.6) is 0 Å². The zero-order valence-corrected chi connectivity index (χ0v) is 14.9. The Morgan fingerprint density at radius 3 is 2.65 bits per heavy atom. The topological polar surface area (TPSA) is 51.0 Å². The zero-order valence-electron chi connectivity index (χ0n) is 14.9. The summed E-state index contributed by atoms with van der Waals surface area (Å²) in [5, 5.41) is 0. The molecule has 0 radical (unpaired) electrons. The highest BCUT2D eigenvalue weighted by Gasteiger charge is 2.28. The van der Waals surface area contributed by atoms with Crippen LogP contribution in [0.15, 0.2) is 61.3 Å². The van der Waals surface area contributed by atoms with Crippen molar-refractivity contribution in [2.45, 2.75) is 32.2 Å². The van der Waals surface area contributed by atoms with Gasteiger partial charge in [-0.15, -0.1) is 0 Å². The summed E-state index contributed by atoms with van der Waals surface area (Å²) in [7, 11) is 0. The van der Waals surface area contributed by atoms with Gasteiger partial charge in [0.15, 0.2) is 0 Å². The quantitative estimate of drug-likeness (QED) is 0.722. The summed E-state index contributed by atoms with van der Waals surface area (Å²) >= 11 is 0. The molecular formula is C21H22N4O. The first-order chi connectivity index (χ1) is 12.7. The van der Waals surface area contributed by atoms with Gasteiger partial charge in [-0.05, 0) is 43.9 Å². The van der Waals surface area contributed by atoms with Gasteiger partial charge < -0.3 is 4.90 Å². The van der Waals surface area contributed by atoms with Crippen molar-refractivity contribution in [1.29, 1.82) is 0 Å². The van der Waals surface area contributed by atoms with Crippen LogP contribution in [0.3, 0.4) is 0 Å². The molecule has 0 spiro atoms. The van der Waals surface area contributed by atoms with E-state index in [1.54, 1.807) is 18.7 Å². The number of imidazole rings is 1. The average molecular weight is 346 g/mol. The number of aromatic nitrogens is 3. The maximum absolute atomic E-state index is 13.1. The highest BCUT2D eigenvalue weighted by atomic mass is 16.2. The molecule has 5 nitrogen and oxygen atoms in total. The van der Waals surface area contributed by atoms with Gasteiger partial charge in [0.25, 0.3) is 5.91 Å². The molecule has 132 valence electrons. The largest absolute Gasteiger partial charge is 0.332 e. The molecule has 0 saturated carbocycles. The van der Waals surface area contributed by atoms with Crippen molar-refractivity contribution >= 4 is 5.91 Å². The van der Waals surface area contributed by atoms with E-state index in [4.69, 9.17) is 0 Å². The van der Waals surface area contributed by atoms with E-state index < -0.39 is 0 Å². The van der Waals surface area contributed by atoms with Gasteiger partial charge >= 0.3 is 0 Å². The van der Waals surface area contributed by atoms with Crippen molar-refractivity contribution in [3.8, 4) is 5.82 Å². The zero-order chi connectivity index (χ0) is 17.9. The second kappa shape index (κ2) is 7.12. The van der Waals surface area contributed by atoms with Crippen LogP contribution in [0, 0.1) is 6.92 Å². The van der Waals surface area contributed by atoms with Gasteiger partial charge in [-0.3, -0.25) is 9.36 Å². The summed E-state index contributed by atoms with van der Waals surface area (Å²) in [6.07, 6.45) is 10.1. The Kier molecular flexibility index (Phi) is 4.52. The molecule has 4 rings (SSSR count). The third kappa shape index (κ3) is 3.25. The van der Waals surface area contributed by atoms with E-state index in [2.05, 4.69) is 41.2 Å². The molecule has 1 saturated heterocycles. The van der Waals surface area contributed by atoms with Crippen LogP contribution in [-0.2, 0) is 0 Å². The van der Waals surface area contributed by atoms with E-state index >= 15 is 0 Å². The van der Waals surface area contributed by atoms with Gasteiger partial charge in [-0.2, -0.15) is 0 Å². The van der Waals surface area contributed by atoms with Gasteiger partial charge in [0.1, 0.15) is 12.1 Å². The van der Waals surface area contributed by atoms with Crippen molar-refractivity contribution in [3.05, 3.63) is 78.0 Å². The predicted molar refractivity (Wildman–Crippen MR) is 100 cm³/mol. The van der Waals surface area contributed by atoms with Crippen LogP contribution in [0.25, 0.3) is 5.82 Å². The number of carbonyl (C=O) groups excluding carboxylic acids is 1. The number of benzene rings is 1. The number of nitrogens with zero attached hydrogens (tertiary/aromatic N) is 4. The first-order valence-corrected chi connectivity index (χ1v) is 9.04. The third-order valence-electron chi connectivity index (χ3n) is 4.99. The molecule has 2 aromatic heterocycles. The Hall–Kier alpha value is -2.95. The van der Waals surface area contributed by atoms with Crippen LogP contribution < -0.4 is 0 Å². The van der Waals surface area contributed by atoms with E-state index in [1.165, 1.54) is 11.1 Å². The Bertz CT molecular complexity index is 869. The fourth-order valence-corrected chi connectivity index (χ4v) is 3.54. The molecule has 1 unspecified atom stereocenters. The summed E-state index contributed by atoms with van der Waals surface area (Å²) in [6.45, 7) is 2.88. The molecule has 1 aromatic carbocycles. The average Bonchev–Trinajstić information content (AvgIpc) is 3.23. The SMILES string of the molecule is Cc1ccc(C2CCCCN2C(=O)c2ccc(-n3ccnc3)nc2)cc1. The summed E-state index contributed by atoms with van der Waals surface area (Å²) in [4.78, 5) is 23.6. The standard InChI is InChI=1S/C21H22N4O/c1-16-5-7-17(8-6-16)19-4-2-3-12-25(19)21(26)18-9-10-20(23-14-18)24-13-11-22-15-24/h5-11,13-15,19H,2-4,12H2,1H3. The second-order valence-corrected chi connectivity index (χ2v) is 6.80. The van der Waals surface area contributed by atoms with Crippen LogP contribution in [0.2, 0.25) is 0 Å². The maximum atomic E-state index is 13.1. The number of rotatable bonds is 3. The maximum Gasteiger partial charge on any atom is 0.255 e. The fourth-order valence-electron chi connectivity index (χ4n) is 3.54. The minimum atomic E-state index is 0.0555. The van der Waals surface area contributed by atoms with E-state index in [0.29, 0.717) is 5.56 Å². The van der Waals surface area contributed by atoms with Crippen molar-refractivity contribution in [2.24, 2.45) is 0 Å². The highest BCUT2D eigenvalue weighted by molar-refractivity contribution is 5.94. The van der Waals surface area contributed by atoms with E-state index in [0.717, 1.165) is 31.6 Å². The number of piperidine rings is 1. The molecule has 3 aromatic rings. The molecule has 0 aliphatic carbocycles. The van der Waals surface area contributed by atoms with Crippen LogP contribution in [-0.4, -0.2) is 31.9 Å². The van der Waals surface area contributed by atoms with Gasteiger partial charge in [-0.1, -0.05) is 29.8 Å². The van der Waals surface area contributed by atoms with E-state index in [-0.39, 0.29) is 11.9 Å². The highest BCUT2D eigenvalue weighted by Crippen LogP contribution is 2.32. The van der Waals surface area contributed by atoms with E-state index in [9.17, 15) is 4.79 Å². The van der Waals surface area contributed by atoms with Gasteiger partial charge in [0, 0.05) is 25.1 Å². The van der Waals surface area contributed by atoms with Gasteiger partial charge in [-0.25, -0.2) is 9.97 Å². The van der Waals surface area contributed by atoms with Crippen LogP contribution in [0.1, 0.15) is 46.8 Å². The molecule has 0 bridgehead atoms. The molecule has 1 atom stereocenters. The van der Waals surface area contributed by atoms with Gasteiger partial charge in [0.05, 0.1) is 11.6 Å². The lowest BCUT2D eigenvalue weighted by Crippen LogP contribution is -2.38. The smallest absolute Gasteiger partial charge is 0.255 e. The molecule has 1 fully saturated rings. The molecule has 1 aliphatic rings. The van der Waals surface area contributed by atoms with Crippen molar-refractivity contribution in [1.82, 2.24) is 19.4 Å². The molecule has 5 heteroatoms. The monoisotopic (exact) mass is 346 g/mol. The predicted octanol–water partition coefficient (Wildman–Crippen LogP) is 3.94. The third-order valence-corrected chi connectivity index (χ3v) is 4.99. The number of hydrogen-bond acceptors (Lipinski definition) is 3. The van der Waals surface area contributed by atoms with Crippen molar-refractivity contribution < 1.29 is 4.79 Å². The molecule has 1 aliphatic heterocycles. The summed E-state index contributed by atoms with van der Waals surface area (Å²) in [6, 6.07) is 12.4. The van der Waals surface area contributed by atoms with Crippen molar-refractivity contribution in [3.63, 3.8) is 0 Å². The molecule has 26 heavy (non-hydrogen) atoms. The number of amides is 1. The number of aryl methyl sites for hydroxylation is 1. The minimum Gasteiger partial charge on any atom is -0.332 e. The van der Waals surface area contributed by atoms with E-state index in [1.807, 2.05) is 27.8 Å². The number of likely N-dealkylation sites (tertiary alicyclic amines) is 1. The minimum absolute atomic E-state index is 0.0555. The Labute approximate surface area is 153 Å². The summed E-state index contributed by atoms with van der Waals surface area (Å²) in [5.74, 6) is 0.813. The molecule has 3 heterocycles. The lowest BCUT2D eigenvalue weighted by molar-refractivity contribution is 0.0611. The van der Waals surface area contributed by atoms with Crippen LogP contribution in [0.4, 0.5) is 0 Å². The number of pyridine rings is 1. The first-order valence-electron chi connectivity index (χ1n) is 9.04. The van der Waals surface area contributed by atoms with Crippen LogP contribution >= 0.6 is 0 Å². The van der Waals surface area contributed by atoms with Gasteiger partial charge in [0.2, 0.25) is 0 Å². The first kappa shape index (κ1) is 16.5. The lowest BCUT2D eigenvalue weighted by Gasteiger charge is -2.36. The second-order valence-electron chi connectivity index (χ2n) is 6.80. The molecule has 0 N–H and O–H groups in total. The number of carbonyl (C=O) groups is 1. The molecule has 1 amide bonds. The summed E-state index contributed by atoms with van der Waals surface area (Å²) in [5.41, 5.74) is 3.08. The molecular weight excluding hydrogens is 324 g/mol. The fraction of sp³-hybridized carbons (Fsp3) is 0.286. The lowest BCUT2D eigenvalue weighted by atomic mass is 9.94. The number of hydrogen-bond donors (Lipinski definition) is 0.